The van der Waals surface area contributed by atoms with Crippen molar-refractivity contribution in [2.75, 3.05) is 5.73 Å². The average molecular weight is 265 g/mol. The minimum absolute atomic E-state index is 0.331. The van der Waals surface area contributed by atoms with Crippen molar-refractivity contribution in [3.05, 3.63) is 48.0 Å². The van der Waals surface area contributed by atoms with E-state index in [0.29, 0.717) is 6.04 Å². The van der Waals surface area contributed by atoms with Crippen molar-refractivity contribution in [3.8, 4) is 11.4 Å². The predicted molar refractivity (Wildman–Crippen MR) is 84.7 cm³/mol. The third kappa shape index (κ3) is 1.86. The number of anilines is 1. The van der Waals surface area contributed by atoms with Gasteiger partial charge < -0.3 is 10.3 Å². The first kappa shape index (κ1) is 12.7. The number of aryl methyl sites for hydroxylation is 1. The number of para-hydroxylation sites is 3. The lowest BCUT2D eigenvalue weighted by atomic mass is 10.1. The molecule has 0 aliphatic heterocycles. The van der Waals surface area contributed by atoms with Crippen LogP contribution in [-0.2, 0) is 0 Å². The molecule has 2 N–H and O–H groups in total. The van der Waals surface area contributed by atoms with Gasteiger partial charge in [0, 0.05) is 17.3 Å². The fourth-order valence-corrected chi connectivity index (χ4v) is 2.63. The van der Waals surface area contributed by atoms with Gasteiger partial charge in [-0.1, -0.05) is 24.3 Å². The van der Waals surface area contributed by atoms with E-state index in [9.17, 15) is 0 Å². The highest BCUT2D eigenvalue weighted by Crippen LogP contribution is 2.32. The fourth-order valence-electron chi connectivity index (χ4n) is 2.63. The van der Waals surface area contributed by atoms with E-state index in [4.69, 9.17) is 10.7 Å². The second-order valence-corrected chi connectivity index (χ2v) is 5.42. The molecule has 0 bridgehead atoms. The smallest absolute Gasteiger partial charge is 0.143 e. The van der Waals surface area contributed by atoms with Crippen LogP contribution in [0.2, 0.25) is 0 Å². The summed E-state index contributed by atoms with van der Waals surface area (Å²) < 4.78 is 2.25. The number of nitrogens with two attached hydrogens (primary N) is 1. The number of nitrogen functional groups attached to an aromatic ring is 1. The average Bonchev–Trinajstić information content (AvgIpc) is 2.81. The zero-order valence-electron chi connectivity index (χ0n) is 12.1. The molecule has 0 radical (unpaired) electrons. The number of fused-ring (bicyclic) bond motifs is 1. The van der Waals surface area contributed by atoms with Crippen LogP contribution in [0.15, 0.2) is 42.5 Å². The Morgan fingerprint density at radius 1 is 1.05 bits per heavy atom. The first-order valence-electron chi connectivity index (χ1n) is 6.92. The molecule has 3 heteroatoms. The highest BCUT2D eigenvalue weighted by atomic mass is 15.1. The van der Waals surface area contributed by atoms with Crippen LogP contribution < -0.4 is 5.73 Å². The van der Waals surface area contributed by atoms with E-state index >= 15 is 0 Å². The number of hydrogen-bond acceptors (Lipinski definition) is 2. The summed E-state index contributed by atoms with van der Waals surface area (Å²) in [5, 5.41) is 0. The van der Waals surface area contributed by atoms with Gasteiger partial charge in [0.15, 0.2) is 0 Å². The third-order valence-corrected chi connectivity index (χ3v) is 3.68. The maximum atomic E-state index is 6.25. The highest BCUT2D eigenvalue weighted by Gasteiger charge is 2.16. The molecule has 0 aliphatic rings. The number of imidazole rings is 1. The monoisotopic (exact) mass is 265 g/mol. The molecule has 0 unspecified atom stereocenters. The van der Waals surface area contributed by atoms with Gasteiger partial charge in [-0.15, -0.1) is 0 Å². The molecule has 0 saturated heterocycles. The van der Waals surface area contributed by atoms with Crippen molar-refractivity contribution >= 4 is 16.7 Å². The lowest BCUT2D eigenvalue weighted by Gasteiger charge is -2.15. The van der Waals surface area contributed by atoms with Gasteiger partial charge >= 0.3 is 0 Å². The van der Waals surface area contributed by atoms with E-state index in [2.05, 4.69) is 24.5 Å². The second-order valence-electron chi connectivity index (χ2n) is 5.42. The summed E-state index contributed by atoms with van der Waals surface area (Å²) in [6.45, 7) is 6.37. The maximum absolute atomic E-state index is 6.25. The van der Waals surface area contributed by atoms with E-state index in [1.165, 1.54) is 0 Å². The molecule has 0 amide bonds. The molecule has 3 aromatic rings. The number of aromatic nitrogens is 2. The van der Waals surface area contributed by atoms with Crippen LogP contribution >= 0.6 is 0 Å². The largest absolute Gasteiger partial charge is 0.398 e. The number of hydrogen-bond donors (Lipinski definition) is 1. The second kappa shape index (κ2) is 4.67. The Balaban J connectivity index is 2.36. The summed E-state index contributed by atoms with van der Waals surface area (Å²) in [4.78, 5) is 4.79. The van der Waals surface area contributed by atoms with Gasteiger partial charge in [0.2, 0.25) is 0 Å². The van der Waals surface area contributed by atoms with Crippen molar-refractivity contribution in [1.82, 2.24) is 9.55 Å². The summed E-state index contributed by atoms with van der Waals surface area (Å²) in [7, 11) is 0. The lowest BCUT2D eigenvalue weighted by molar-refractivity contribution is 0.624. The van der Waals surface area contributed by atoms with Crippen LogP contribution in [-0.4, -0.2) is 9.55 Å². The van der Waals surface area contributed by atoms with Crippen LogP contribution in [0.1, 0.15) is 25.5 Å². The number of benzene rings is 2. The Labute approximate surface area is 119 Å². The summed E-state index contributed by atoms with van der Waals surface area (Å²) in [6.07, 6.45) is 0. The van der Waals surface area contributed by atoms with Gasteiger partial charge in [0.05, 0.1) is 11.0 Å². The minimum atomic E-state index is 0.331. The standard InChI is InChI=1S/C17H19N3/c1-11(2)20-15-10-5-4-9-14(15)19-17(20)13-8-6-7-12(3)16(13)18/h4-11H,18H2,1-3H3. The topological polar surface area (TPSA) is 43.8 Å². The highest BCUT2D eigenvalue weighted by molar-refractivity contribution is 5.84. The van der Waals surface area contributed by atoms with Crippen LogP contribution in [0.3, 0.4) is 0 Å². The molecule has 2 aromatic carbocycles. The van der Waals surface area contributed by atoms with Crippen LogP contribution in [0.5, 0.6) is 0 Å². The van der Waals surface area contributed by atoms with Crippen molar-refractivity contribution in [3.63, 3.8) is 0 Å². The minimum Gasteiger partial charge on any atom is -0.398 e. The van der Waals surface area contributed by atoms with Crippen molar-refractivity contribution in [2.45, 2.75) is 26.8 Å². The molecule has 0 spiro atoms. The Kier molecular flexibility index (Phi) is 2.97. The normalized spacial score (nSPS) is 11.4. The van der Waals surface area contributed by atoms with E-state index in [1.54, 1.807) is 0 Å². The molecule has 102 valence electrons. The summed E-state index contributed by atoms with van der Waals surface area (Å²) in [6, 6.07) is 14.7. The van der Waals surface area contributed by atoms with Crippen molar-refractivity contribution in [1.29, 1.82) is 0 Å². The predicted octanol–water partition coefficient (Wildman–Crippen LogP) is 4.17. The number of nitrogens with zero attached hydrogens (tertiary/aromatic N) is 2. The molecule has 0 atom stereocenters. The van der Waals surface area contributed by atoms with Gasteiger partial charge in [-0.25, -0.2) is 4.98 Å². The SMILES string of the molecule is Cc1cccc(-c2nc3ccccc3n2C(C)C)c1N. The first-order chi connectivity index (χ1) is 9.59. The van der Waals surface area contributed by atoms with Crippen LogP contribution in [0.25, 0.3) is 22.4 Å². The van der Waals surface area contributed by atoms with E-state index in [-0.39, 0.29) is 0 Å². The maximum Gasteiger partial charge on any atom is 0.143 e. The van der Waals surface area contributed by atoms with Gasteiger partial charge in [0.25, 0.3) is 0 Å². The summed E-state index contributed by atoms with van der Waals surface area (Å²) in [5.74, 6) is 0.947. The summed E-state index contributed by atoms with van der Waals surface area (Å²) >= 11 is 0. The molecular formula is C17H19N3. The fraction of sp³-hybridized carbons (Fsp3) is 0.235. The van der Waals surface area contributed by atoms with Crippen LogP contribution in [0.4, 0.5) is 5.69 Å². The van der Waals surface area contributed by atoms with E-state index in [0.717, 1.165) is 33.7 Å². The molecule has 1 aromatic heterocycles. The van der Waals surface area contributed by atoms with Crippen molar-refractivity contribution in [2.24, 2.45) is 0 Å². The zero-order chi connectivity index (χ0) is 14.3. The molecule has 0 aliphatic carbocycles. The molecule has 1 heterocycles. The Morgan fingerprint density at radius 3 is 2.55 bits per heavy atom. The molecule has 20 heavy (non-hydrogen) atoms. The molecule has 0 fully saturated rings. The quantitative estimate of drug-likeness (QED) is 0.706. The van der Waals surface area contributed by atoms with Crippen molar-refractivity contribution < 1.29 is 0 Å². The first-order valence-corrected chi connectivity index (χ1v) is 6.92. The van der Waals surface area contributed by atoms with Gasteiger partial charge in [-0.05, 0) is 44.5 Å². The Bertz CT molecular complexity index is 769. The summed E-state index contributed by atoms with van der Waals surface area (Å²) in [5.41, 5.74) is 11.3. The van der Waals surface area contributed by atoms with Gasteiger partial charge in [0.1, 0.15) is 5.82 Å². The Morgan fingerprint density at radius 2 is 1.80 bits per heavy atom. The number of rotatable bonds is 2. The van der Waals surface area contributed by atoms with E-state index < -0.39 is 0 Å². The van der Waals surface area contributed by atoms with Gasteiger partial charge in [-0.3, -0.25) is 0 Å². The molecule has 3 nitrogen and oxygen atoms in total. The lowest BCUT2D eigenvalue weighted by Crippen LogP contribution is -2.05. The van der Waals surface area contributed by atoms with Crippen LogP contribution in [0, 0.1) is 6.92 Å². The molecule has 0 saturated carbocycles. The van der Waals surface area contributed by atoms with E-state index in [1.807, 2.05) is 43.3 Å². The van der Waals surface area contributed by atoms with Gasteiger partial charge in [-0.2, -0.15) is 0 Å². The Hall–Kier alpha value is -2.29. The zero-order valence-corrected chi connectivity index (χ0v) is 12.1. The molecule has 3 rings (SSSR count). The molecular weight excluding hydrogens is 246 g/mol. The third-order valence-electron chi connectivity index (χ3n) is 3.68.